The van der Waals surface area contributed by atoms with E-state index < -0.39 is 0 Å². The van der Waals surface area contributed by atoms with Crippen LogP contribution < -0.4 is 5.32 Å². The average molecular weight is 343 g/mol. The highest BCUT2D eigenvalue weighted by Gasteiger charge is 2.16. The van der Waals surface area contributed by atoms with Gasteiger partial charge in [0.25, 0.3) is 0 Å². The van der Waals surface area contributed by atoms with E-state index in [0.717, 1.165) is 10.0 Å². The molecule has 0 heterocycles. The molecule has 4 heteroatoms. The molecule has 0 saturated heterocycles. The Bertz CT molecular complexity index is 554. The van der Waals surface area contributed by atoms with Crippen LogP contribution in [0.5, 0.6) is 0 Å². The summed E-state index contributed by atoms with van der Waals surface area (Å²) in [6, 6.07) is 12.7. The molecule has 0 aliphatic rings. The number of benzene rings is 2. The highest BCUT2D eigenvalue weighted by Crippen LogP contribution is 2.29. The molecule has 2 aromatic rings. The molecule has 1 nitrogen and oxygen atoms in total. The van der Waals surface area contributed by atoms with Crippen LogP contribution in [0, 0.1) is 5.82 Å². The first-order valence-electron chi connectivity index (χ1n) is 5.98. The van der Waals surface area contributed by atoms with Crippen molar-refractivity contribution in [3.63, 3.8) is 0 Å². The SMILES string of the molecule is CNC(Cc1c(F)cccc1Cl)c1ccccc1Br. The van der Waals surface area contributed by atoms with Gasteiger partial charge >= 0.3 is 0 Å². The zero-order valence-electron chi connectivity index (χ0n) is 10.5. The number of likely N-dealkylation sites (N-methyl/N-ethyl adjacent to an activating group) is 1. The lowest BCUT2D eigenvalue weighted by molar-refractivity contribution is 0.553. The van der Waals surface area contributed by atoms with Crippen molar-refractivity contribution in [1.29, 1.82) is 0 Å². The third-order valence-corrected chi connectivity index (χ3v) is 4.18. The number of hydrogen-bond donors (Lipinski definition) is 1. The highest BCUT2D eigenvalue weighted by atomic mass is 79.9. The molecule has 0 bridgehead atoms. The fourth-order valence-electron chi connectivity index (χ4n) is 2.06. The van der Waals surface area contributed by atoms with Gasteiger partial charge in [-0.05, 0) is 37.2 Å². The van der Waals surface area contributed by atoms with E-state index in [4.69, 9.17) is 11.6 Å². The first-order chi connectivity index (χ1) is 9.13. The second-order valence-corrected chi connectivity index (χ2v) is 5.53. The number of halogens is 3. The van der Waals surface area contributed by atoms with Crippen molar-refractivity contribution in [2.75, 3.05) is 7.05 Å². The van der Waals surface area contributed by atoms with Crippen molar-refractivity contribution in [3.8, 4) is 0 Å². The summed E-state index contributed by atoms with van der Waals surface area (Å²) < 4.78 is 14.8. The molecule has 0 fully saturated rings. The van der Waals surface area contributed by atoms with E-state index >= 15 is 0 Å². The van der Waals surface area contributed by atoms with Crippen LogP contribution >= 0.6 is 27.5 Å². The summed E-state index contributed by atoms with van der Waals surface area (Å²) in [7, 11) is 1.86. The lowest BCUT2D eigenvalue weighted by atomic mass is 9.98. The average Bonchev–Trinajstić information content (AvgIpc) is 2.40. The van der Waals surface area contributed by atoms with Crippen LogP contribution in [0.25, 0.3) is 0 Å². The largest absolute Gasteiger partial charge is 0.313 e. The summed E-state index contributed by atoms with van der Waals surface area (Å²) in [4.78, 5) is 0. The predicted molar refractivity (Wildman–Crippen MR) is 81.1 cm³/mol. The normalized spacial score (nSPS) is 12.4. The summed E-state index contributed by atoms with van der Waals surface area (Å²) in [6.45, 7) is 0. The third-order valence-electron chi connectivity index (χ3n) is 3.10. The molecule has 1 atom stereocenters. The van der Waals surface area contributed by atoms with Gasteiger partial charge in [0.05, 0.1) is 0 Å². The number of rotatable bonds is 4. The minimum absolute atomic E-state index is 0.00461. The van der Waals surface area contributed by atoms with Gasteiger partial charge in [-0.25, -0.2) is 4.39 Å². The van der Waals surface area contributed by atoms with Crippen molar-refractivity contribution >= 4 is 27.5 Å². The van der Waals surface area contributed by atoms with E-state index in [0.29, 0.717) is 17.0 Å². The van der Waals surface area contributed by atoms with Gasteiger partial charge in [-0.15, -0.1) is 0 Å². The Kier molecular flexibility index (Phi) is 4.97. The van der Waals surface area contributed by atoms with Crippen molar-refractivity contribution in [3.05, 3.63) is 68.9 Å². The standard InChI is InChI=1S/C15H14BrClFN/c1-19-15(10-5-2-3-6-12(10)16)9-11-13(17)7-4-8-14(11)18/h2-8,15,19H,9H2,1H3. The summed E-state index contributed by atoms with van der Waals surface area (Å²) in [6.07, 6.45) is 0.505. The van der Waals surface area contributed by atoms with Gasteiger partial charge in [0, 0.05) is 21.1 Å². The van der Waals surface area contributed by atoms with Gasteiger partial charge in [-0.2, -0.15) is 0 Å². The maximum atomic E-state index is 13.8. The molecule has 0 aromatic heterocycles. The van der Waals surface area contributed by atoms with Crippen molar-refractivity contribution in [1.82, 2.24) is 5.32 Å². The van der Waals surface area contributed by atoms with Crippen molar-refractivity contribution in [2.45, 2.75) is 12.5 Å². The quantitative estimate of drug-likeness (QED) is 0.846. The Morgan fingerprint density at radius 3 is 2.58 bits per heavy atom. The maximum Gasteiger partial charge on any atom is 0.127 e. The fourth-order valence-corrected chi connectivity index (χ4v) is 2.86. The summed E-state index contributed by atoms with van der Waals surface area (Å²) in [5, 5.41) is 3.67. The van der Waals surface area contributed by atoms with Crippen LogP contribution in [0.1, 0.15) is 17.2 Å². The van der Waals surface area contributed by atoms with Crippen molar-refractivity contribution in [2.24, 2.45) is 0 Å². The molecule has 1 N–H and O–H groups in total. The van der Waals surface area contributed by atoms with Gasteiger partial charge in [-0.1, -0.05) is 51.8 Å². The van der Waals surface area contributed by atoms with E-state index in [9.17, 15) is 4.39 Å². The van der Waals surface area contributed by atoms with E-state index in [2.05, 4.69) is 21.2 Å². The van der Waals surface area contributed by atoms with Crippen molar-refractivity contribution < 1.29 is 4.39 Å². The zero-order chi connectivity index (χ0) is 13.8. The summed E-state index contributed by atoms with van der Waals surface area (Å²) in [5.74, 6) is -0.264. The molecule has 0 radical (unpaired) electrons. The first kappa shape index (κ1) is 14.5. The first-order valence-corrected chi connectivity index (χ1v) is 7.15. The molecular formula is C15H14BrClFN. The van der Waals surface area contributed by atoms with Gasteiger partial charge in [0.2, 0.25) is 0 Å². The zero-order valence-corrected chi connectivity index (χ0v) is 12.8. The molecule has 0 aliphatic heterocycles. The molecule has 100 valence electrons. The topological polar surface area (TPSA) is 12.0 Å². The van der Waals surface area contributed by atoms with Crippen LogP contribution in [0.3, 0.4) is 0 Å². The van der Waals surface area contributed by atoms with Gasteiger partial charge < -0.3 is 5.32 Å². The molecule has 19 heavy (non-hydrogen) atoms. The summed E-state index contributed by atoms with van der Waals surface area (Å²) >= 11 is 9.60. The fraction of sp³-hybridized carbons (Fsp3) is 0.200. The summed E-state index contributed by atoms with van der Waals surface area (Å²) in [5.41, 5.74) is 1.63. The number of nitrogens with one attached hydrogen (secondary N) is 1. The Morgan fingerprint density at radius 2 is 1.95 bits per heavy atom. The van der Waals surface area contributed by atoms with Crippen LogP contribution in [-0.4, -0.2) is 7.05 Å². The molecule has 1 unspecified atom stereocenters. The van der Waals surface area contributed by atoms with Crippen LogP contribution in [0.2, 0.25) is 5.02 Å². The Labute approximate surface area is 125 Å². The lowest BCUT2D eigenvalue weighted by Gasteiger charge is -2.19. The predicted octanol–water partition coefficient (Wildman–Crippen LogP) is 4.74. The third kappa shape index (κ3) is 3.35. The monoisotopic (exact) mass is 341 g/mol. The molecule has 0 aliphatic carbocycles. The highest BCUT2D eigenvalue weighted by molar-refractivity contribution is 9.10. The molecule has 2 aromatic carbocycles. The van der Waals surface area contributed by atoms with Gasteiger partial charge in [0.15, 0.2) is 0 Å². The van der Waals surface area contributed by atoms with Crippen LogP contribution in [0.4, 0.5) is 4.39 Å². The van der Waals surface area contributed by atoms with E-state index in [1.165, 1.54) is 6.07 Å². The van der Waals surface area contributed by atoms with E-state index in [1.807, 2.05) is 31.3 Å². The smallest absolute Gasteiger partial charge is 0.127 e. The molecule has 0 amide bonds. The number of hydrogen-bond acceptors (Lipinski definition) is 1. The Hall–Kier alpha value is -0.900. The van der Waals surface area contributed by atoms with Gasteiger partial charge in [-0.3, -0.25) is 0 Å². The van der Waals surface area contributed by atoms with E-state index in [1.54, 1.807) is 12.1 Å². The lowest BCUT2D eigenvalue weighted by Crippen LogP contribution is -2.20. The molecule has 2 rings (SSSR count). The molecule has 0 spiro atoms. The second kappa shape index (κ2) is 6.51. The maximum absolute atomic E-state index is 13.8. The minimum atomic E-state index is -0.264. The Balaban J connectivity index is 2.32. The second-order valence-electron chi connectivity index (χ2n) is 4.27. The Morgan fingerprint density at radius 1 is 1.21 bits per heavy atom. The van der Waals surface area contributed by atoms with Crippen LogP contribution in [0.15, 0.2) is 46.9 Å². The minimum Gasteiger partial charge on any atom is -0.313 e. The van der Waals surface area contributed by atoms with Crippen LogP contribution in [-0.2, 0) is 6.42 Å². The van der Waals surface area contributed by atoms with Gasteiger partial charge in [0.1, 0.15) is 5.82 Å². The van der Waals surface area contributed by atoms with E-state index in [-0.39, 0.29) is 11.9 Å². The molecule has 0 saturated carbocycles. The molecular weight excluding hydrogens is 329 g/mol.